The Morgan fingerprint density at radius 1 is 1.17 bits per heavy atom. The number of esters is 1. The molecule has 0 saturated carbocycles. The number of nitrogens with zero attached hydrogens (tertiary/aromatic N) is 1. The summed E-state index contributed by atoms with van der Waals surface area (Å²) in [5, 5.41) is 5.80. The third-order valence-corrected chi connectivity index (χ3v) is 4.89. The van der Waals surface area contributed by atoms with Crippen LogP contribution in [0.2, 0.25) is 0 Å². The molecule has 0 radical (unpaired) electrons. The van der Waals surface area contributed by atoms with Gasteiger partial charge in [0.05, 0.1) is 17.7 Å². The third kappa shape index (κ3) is 5.84. The van der Waals surface area contributed by atoms with Crippen molar-refractivity contribution < 1.29 is 19.1 Å². The summed E-state index contributed by atoms with van der Waals surface area (Å²) >= 11 is 0. The fourth-order valence-corrected chi connectivity index (χ4v) is 3.39. The number of amides is 3. The minimum absolute atomic E-state index is 0.0253. The molecule has 164 valence electrons. The Labute approximate surface area is 178 Å². The van der Waals surface area contributed by atoms with E-state index >= 15 is 0 Å². The molecular formula is C23H33N3O4. The molecule has 0 aliphatic carbocycles. The van der Waals surface area contributed by atoms with Crippen LogP contribution in [0.5, 0.6) is 0 Å². The summed E-state index contributed by atoms with van der Waals surface area (Å²) in [6.07, 6.45) is 2.80. The van der Waals surface area contributed by atoms with Crippen LogP contribution in [0.15, 0.2) is 35.5 Å². The predicted molar refractivity (Wildman–Crippen MR) is 117 cm³/mol. The summed E-state index contributed by atoms with van der Waals surface area (Å²) in [5.74, 6) is -0.465. The van der Waals surface area contributed by atoms with E-state index < -0.39 is 12.0 Å². The summed E-state index contributed by atoms with van der Waals surface area (Å²) in [5.41, 5.74) is 2.47. The van der Waals surface area contributed by atoms with E-state index in [1.165, 1.54) is 0 Å². The van der Waals surface area contributed by atoms with Crippen LogP contribution < -0.4 is 10.6 Å². The minimum Gasteiger partial charge on any atom is -0.459 e. The van der Waals surface area contributed by atoms with Gasteiger partial charge in [-0.2, -0.15) is 0 Å². The molecule has 1 aromatic rings. The first-order valence-electron chi connectivity index (χ1n) is 10.7. The number of anilines is 1. The number of unbranched alkanes of at least 4 members (excludes halogenated alkanes) is 1. The zero-order valence-corrected chi connectivity index (χ0v) is 18.6. The second kappa shape index (κ2) is 10.8. The Morgan fingerprint density at radius 3 is 2.40 bits per heavy atom. The number of carbonyl (C=O) groups excluding carboxylic acids is 3. The van der Waals surface area contributed by atoms with Gasteiger partial charge in [0.1, 0.15) is 0 Å². The number of benzene rings is 1. The summed E-state index contributed by atoms with van der Waals surface area (Å²) in [6.45, 7) is 9.91. The van der Waals surface area contributed by atoms with Gasteiger partial charge in [0.2, 0.25) is 5.91 Å². The van der Waals surface area contributed by atoms with Crippen molar-refractivity contribution in [1.29, 1.82) is 0 Å². The molecule has 1 unspecified atom stereocenters. The van der Waals surface area contributed by atoms with E-state index in [1.54, 1.807) is 37.8 Å². The van der Waals surface area contributed by atoms with E-state index in [0.29, 0.717) is 29.9 Å². The maximum absolute atomic E-state index is 12.9. The van der Waals surface area contributed by atoms with Gasteiger partial charge < -0.3 is 15.4 Å². The molecule has 3 amide bonds. The zero-order chi connectivity index (χ0) is 22.3. The maximum Gasteiger partial charge on any atom is 0.338 e. The highest BCUT2D eigenvalue weighted by molar-refractivity contribution is 5.95. The molecule has 0 bridgehead atoms. The maximum atomic E-state index is 12.9. The quantitative estimate of drug-likeness (QED) is 0.581. The number of allylic oxidation sites excluding steroid dienone is 1. The summed E-state index contributed by atoms with van der Waals surface area (Å²) in [7, 11) is 0. The first-order valence-corrected chi connectivity index (χ1v) is 10.7. The van der Waals surface area contributed by atoms with Crippen LogP contribution in [0.4, 0.5) is 10.5 Å². The number of hydrogen-bond donors (Lipinski definition) is 2. The summed E-state index contributed by atoms with van der Waals surface area (Å²) in [6, 6.07) is 6.34. The van der Waals surface area contributed by atoms with Crippen LogP contribution in [0.1, 0.15) is 71.9 Å². The Hall–Kier alpha value is -2.83. The van der Waals surface area contributed by atoms with Gasteiger partial charge in [0.15, 0.2) is 0 Å². The molecule has 2 N–H and O–H groups in total. The first-order chi connectivity index (χ1) is 14.3. The molecule has 0 fully saturated rings. The molecule has 7 nitrogen and oxygen atoms in total. The van der Waals surface area contributed by atoms with Crippen LogP contribution in [-0.4, -0.2) is 35.5 Å². The predicted octanol–water partition coefficient (Wildman–Crippen LogP) is 4.52. The second-order valence-electron chi connectivity index (χ2n) is 7.76. The third-order valence-electron chi connectivity index (χ3n) is 4.89. The highest BCUT2D eigenvalue weighted by atomic mass is 16.5. The van der Waals surface area contributed by atoms with E-state index in [4.69, 9.17) is 4.74 Å². The van der Waals surface area contributed by atoms with Gasteiger partial charge in [-0.05, 0) is 51.3 Å². The van der Waals surface area contributed by atoms with E-state index in [2.05, 4.69) is 10.6 Å². The molecule has 0 aromatic heterocycles. The molecule has 0 spiro atoms. The van der Waals surface area contributed by atoms with Crippen molar-refractivity contribution >= 4 is 23.6 Å². The van der Waals surface area contributed by atoms with E-state index in [-0.39, 0.29) is 18.0 Å². The molecule has 2 rings (SSSR count). The highest BCUT2D eigenvalue weighted by Crippen LogP contribution is 2.32. The number of carbonyl (C=O) groups is 3. The number of ether oxygens (including phenoxy) is 1. The zero-order valence-electron chi connectivity index (χ0n) is 18.6. The average Bonchev–Trinajstić information content (AvgIpc) is 2.69. The number of hydrogen-bond acceptors (Lipinski definition) is 4. The average molecular weight is 416 g/mol. The van der Waals surface area contributed by atoms with Gasteiger partial charge in [0, 0.05) is 24.4 Å². The number of nitrogens with one attached hydrogen (secondary N) is 2. The van der Waals surface area contributed by atoms with Crippen molar-refractivity contribution in [2.24, 2.45) is 0 Å². The van der Waals surface area contributed by atoms with Gasteiger partial charge in [0.25, 0.3) is 0 Å². The van der Waals surface area contributed by atoms with Gasteiger partial charge in [-0.3, -0.25) is 9.69 Å². The van der Waals surface area contributed by atoms with E-state index in [9.17, 15) is 14.4 Å². The lowest BCUT2D eigenvalue weighted by Crippen LogP contribution is -2.48. The molecule has 1 heterocycles. The van der Waals surface area contributed by atoms with Gasteiger partial charge in [-0.25, -0.2) is 9.59 Å². The van der Waals surface area contributed by atoms with Crippen molar-refractivity contribution in [3.63, 3.8) is 0 Å². The minimum atomic E-state index is -0.610. The lowest BCUT2D eigenvalue weighted by molar-refractivity contribution is -0.143. The molecule has 1 aromatic carbocycles. The largest absolute Gasteiger partial charge is 0.459 e. The fraction of sp³-hybridized carbons (Fsp3) is 0.522. The van der Waals surface area contributed by atoms with Gasteiger partial charge in [-0.15, -0.1) is 0 Å². The Balaban J connectivity index is 2.31. The van der Waals surface area contributed by atoms with Crippen LogP contribution >= 0.6 is 0 Å². The Morgan fingerprint density at radius 2 is 1.83 bits per heavy atom. The standard InChI is InChI=1S/C23H33N3O4/c1-6-8-9-19(27)24-18-12-10-17(11-13-18)21-20(22(28)30-15(3)4)16(5)26(14-7-2)23(29)25-21/h10-13,15,21H,6-9,14H2,1-5H3,(H,24,27)(H,25,29). The topological polar surface area (TPSA) is 87.7 Å². The van der Waals surface area contributed by atoms with Crippen LogP contribution in [0.25, 0.3) is 0 Å². The monoisotopic (exact) mass is 415 g/mol. The van der Waals surface area contributed by atoms with Gasteiger partial charge >= 0.3 is 12.0 Å². The first kappa shape index (κ1) is 23.4. The number of urea groups is 1. The lowest BCUT2D eigenvalue weighted by atomic mass is 9.94. The molecule has 1 atom stereocenters. The lowest BCUT2D eigenvalue weighted by Gasteiger charge is -2.35. The van der Waals surface area contributed by atoms with E-state index in [0.717, 1.165) is 24.8 Å². The van der Waals surface area contributed by atoms with Crippen molar-refractivity contribution in [2.45, 2.75) is 72.4 Å². The molecule has 0 saturated heterocycles. The smallest absolute Gasteiger partial charge is 0.338 e. The molecule has 1 aliphatic heterocycles. The van der Waals surface area contributed by atoms with Crippen LogP contribution in [0.3, 0.4) is 0 Å². The van der Waals surface area contributed by atoms with Crippen LogP contribution in [-0.2, 0) is 14.3 Å². The van der Waals surface area contributed by atoms with E-state index in [1.807, 2.05) is 26.0 Å². The second-order valence-corrected chi connectivity index (χ2v) is 7.76. The van der Waals surface area contributed by atoms with Crippen molar-refractivity contribution in [2.75, 3.05) is 11.9 Å². The highest BCUT2D eigenvalue weighted by Gasteiger charge is 2.36. The normalized spacial score (nSPS) is 16.5. The summed E-state index contributed by atoms with van der Waals surface area (Å²) < 4.78 is 5.46. The fourth-order valence-electron chi connectivity index (χ4n) is 3.39. The Bertz CT molecular complexity index is 799. The van der Waals surface area contributed by atoms with Crippen LogP contribution in [0, 0.1) is 0 Å². The van der Waals surface area contributed by atoms with Gasteiger partial charge in [-0.1, -0.05) is 32.4 Å². The summed E-state index contributed by atoms with van der Waals surface area (Å²) in [4.78, 5) is 39.0. The molecular weight excluding hydrogens is 382 g/mol. The number of rotatable bonds is 9. The van der Waals surface area contributed by atoms with Crippen molar-refractivity contribution in [3.05, 3.63) is 41.1 Å². The Kier molecular flexibility index (Phi) is 8.45. The molecule has 30 heavy (non-hydrogen) atoms. The SMILES string of the molecule is CCCCC(=O)Nc1ccc(C2NC(=O)N(CCC)C(C)=C2C(=O)OC(C)C)cc1. The molecule has 1 aliphatic rings. The van der Waals surface area contributed by atoms with Crippen molar-refractivity contribution in [3.8, 4) is 0 Å². The molecule has 7 heteroatoms. The van der Waals surface area contributed by atoms with Crippen molar-refractivity contribution in [1.82, 2.24) is 10.2 Å².